The van der Waals surface area contributed by atoms with Crippen LogP contribution < -0.4 is 10.6 Å². The van der Waals surface area contributed by atoms with E-state index in [-0.39, 0.29) is 5.75 Å². The smallest absolute Gasteiger partial charge is 0.143 e. The second-order valence-electron chi connectivity index (χ2n) is 7.09. The maximum atomic E-state index is 14.5. The summed E-state index contributed by atoms with van der Waals surface area (Å²) in [6.07, 6.45) is 2.53. The molecule has 3 heteroatoms. The van der Waals surface area contributed by atoms with Crippen molar-refractivity contribution in [2.75, 3.05) is 6.16 Å². The van der Waals surface area contributed by atoms with Gasteiger partial charge in [-0.2, -0.15) is 0 Å². The normalized spacial score (nSPS) is 13.3. The molecule has 1 atom stereocenters. The van der Waals surface area contributed by atoms with Gasteiger partial charge in [0.15, 0.2) is 0 Å². The zero-order chi connectivity index (χ0) is 19.4. The molecule has 0 fully saturated rings. The summed E-state index contributed by atoms with van der Waals surface area (Å²) >= 11 is 0. The SMILES string of the molecule is CCCC[P@](=O)(c1ccccc1)c1cccc(C)c1-c1c(C)cccc1O. The van der Waals surface area contributed by atoms with E-state index in [1.165, 1.54) is 0 Å². The summed E-state index contributed by atoms with van der Waals surface area (Å²) in [7, 11) is -2.82. The van der Waals surface area contributed by atoms with Crippen molar-refractivity contribution in [1.29, 1.82) is 0 Å². The third-order valence-corrected chi connectivity index (χ3v) is 8.37. The first-order valence-corrected chi connectivity index (χ1v) is 11.4. The highest BCUT2D eigenvalue weighted by atomic mass is 31.2. The van der Waals surface area contributed by atoms with E-state index in [0.717, 1.165) is 45.7 Å². The Kier molecular flexibility index (Phi) is 5.87. The van der Waals surface area contributed by atoms with Crippen LogP contribution in [0.25, 0.3) is 11.1 Å². The van der Waals surface area contributed by atoms with Gasteiger partial charge in [0, 0.05) is 22.3 Å². The summed E-state index contributed by atoms with van der Waals surface area (Å²) in [5.41, 5.74) is 3.72. The molecule has 0 radical (unpaired) electrons. The summed E-state index contributed by atoms with van der Waals surface area (Å²) in [6.45, 7) is 6.14. The van der Waals surface area contributed by atoms with Crippen LogP contribution in [0.3, 0.4) is 0 Å². The van der Waals surface area contributed by atoms with E-state index in [9.17, 15) is 9.67 Å². The topological polar surface area (TPSA) is 37.3 Å². The number of aromatic hydroxyl groups is 1. The summed E-state index contributed by atoms with van der Waals surface area (Å²) in [5.74, 6) is 0.237. The molecule has 0 aromatic heterocycles. The molecule has 0 aliphatic rings. The number of hydrogen-bond acceptors (Lipinski definition) is 2. The molecule has 3 aromatic carbocycles. The predicted molar refractivity (Wildman–Crippen MR) is 116 cm³/mol. The van der Waals surface area contributed by atoms with Crippen LogP contribution in [0.4, 0.5) is 0 Å². The minimum atomic E-state index is -2.82. The van der Waals surface area contributed by atoms with E-state index < -0.39 is 7.14 Å². The quantitative estimate of drug-likeness (QED) is 0.551. The fourth-order valence-electron chi connectivity index (χ4n) is 3.69. The van der Waals surface area contributed by atoms with Crippen molar-refractivity contribution in [2.45, 2.75) is 33.6 Å². The van der Waals surface area contributed by atoms with Crippen LogP contribution in [-0.4, -0.2) is 11.3 Å². The lowest BCUT2D eigenvalue weighted by Gasteiger charge is -2.24. The van der Waals surface area contributed by atoms with Gasteiger partial charge in [-0.3, -0.25) is 0 Å². The predicted octanol–water partition coefficient (Wildman–Crippen LogP) is 5.79. The van der Waals surface area contributed by atoms with Crippen molar-refractivity contribution in [3.63, 3.8) is 0 Å². The lowest BCUT2D eigenvalue weighted by molar-refractivity contribution is 0.477. The lowest BCUT2D eigenvalue weighted by Crippen LogP contribution is -2.21. The Morgan fingerprint density at radius 3 is 2.07 bits per heavy atom. The van der Waals surface area contributed by atoms with Crippen LogP contribution in [0.15, 0.2) is 66.7 Å². The number of rotatable bonds is 6. The second kappa shape index (κ2) is 8.15. The molecule has 3 rings (SSSR count). The van der Waals surface area contributed by atoms with E-state index in [4.69, 9.17) is 0 Å². The van der Waals surface area contributed by atoms with E-state index in [2.05, 4.69) is 6.92 Å². The average Bonchev–Trinajstić information content (AvgIpc) is 2.67. The zero-order valence-corrected chi connectivity index (χ0v) is 17.2. The second-order valence-corrected chi connectivity index (χ2v) is 10.0. The van der Waals surface area contributed by atoms with Crippen LogP contribution in [0, 0.1) is 13.8 Å². The molecular formula is C24H27O2P. The largest absolute Gasteiger partial charge is 0.507 e. The molecule has 1 N–H and O–H groups in total. The third-order valence-electron chi connectivity index (χ3n) is 5.14. The van der Waals surface area contributed by atoms with Gasteiger partial charge in [-0.15, -0.1) is 0 Å². The first-order valence-electron chi connectivity index (χ1n) is 9.53. The number of hydrogen-bond donors (Lipinski definition) is 1. The molecule has 0 saturated carbocycles. The van der Waals surface area contributed by atoms with Gasteiger partial charge in [0.1, 0.15) is 12.9 Å². The number of aryl methyl sites for hydroxylation is 2. The van der Waals surface area contributed by atoms with Gasteiger partial charge in [-0.1, -0.05) is 74.0 Å². The highest BCUT2D eigenvalue weighted by Crippen LogP contribution is 2.48. The number of unbranched alkanes of at least 4 members (excludes halogenated alkanes) is 1. The first kappa shape index (κ1) is 19.5. The van der Waals surface area contributed by atoms with Crippen molar-refractivity contribution < 1.29 is 9.67 Å². The van der Waals surface area contributed by atoms with Gasteiger partial charge in [-0.05, 0) is 43.0 Å². The van der Waals surface area contributed by atoms with Crippen molar-refractivity contribution in [2.24, 2.45) is 0 Å². The highest BCUT2D eigenvalue weighted by molar-refractivity contribution is 7.79. The molecule has 0 saturated heterocycles. The fraction of sp³-hybridized carbons (Fsp3) is 0.250. The Hall–Kier alpha value is -2.31. The summed E-state index contributed by atoms with van der Waals surface area (Å²) in [5, 5.41) is 12.4. The van der Waals surface area contributed by atoms with E-state index in [1.54, 1.807) is 6.07 Å². The fourth-order valence-corrected chi connectivity index (χ4v) is 6.86. The van der Waals surface area contributed by atoms with Crippen molar-refractivity contribution in [3.8, 4) is 16.9 Å². The van der Waals surface area contributed by atoms with Gasteiger partial charge in [0.05, 0.1) is 0 Å². The molecule has 0 amide bonds. The number of phenolic OH excluding ortho intramolecular Hbond substituents is 1. The third kappa shape index (κ3) is 3.73. The Labute approximate surface area is 162 Å². The molecule has 0 aliphatic carbocycles. The maximum absolute atomic E-state index is 14.5. The molecule has 0 unspecified atom stereocenters. The number of benzene rings is 3. The van der Waals surface area contributed by atoms with Gasteiger partial charge in [0.2, 0.25) is 0 Å². The average molecular weight is 378 g/mol. The summed E-state index contributed by atoms with van der Waals surface area (Å²) < 4.78 is 14.5. The standard InChI is InChI=1S/C24H27O2P/c1-4-5-17-27(26,20-13-7-6-8-14-20)22-16-10-12-19(3)24(22)23-18(2)11-9-15-21(23)25/h6-16,25H,4-5,17H2,1-3H3/t27-/m0/s1. The highest BCUT2D eigenvalue weighted by Gasteiger charge is 2.31. The summed E-state index contributed by atoms with van der Waals surface area (Å²) in [6, 6.07) is 21.3. The Morgan fingerprint density at radius 2 is 1.44 bits per heavy atom. The maximum Gasteiger partial charge on any atom is 0.143 e. The Bertz CT molecular complexity index is 957. The summed E-state index contributed by atoms with van der Waals surface area (Å²) in [4.78, 5) is 0. The van der Waals surface area contributed by atoms with Gasteiger partial charge in [0.25, 0.3) is 0 Å². The van der Waals surface area contributed by atoms with Gasteiger partial charge >= 0.3 is 0 Å². The van der Waals surface area contributed by atoms with Gasteiger partial charge in [-0.25, -0.2) is 0 Å². The molecule has 2 nitrogen and oxygen atoms in total. The molecule has 0 aliphatic heterocycles. The minimum absolute atomic E-state index is 0.237. The minimum Gasteiger partial charge on any atom is -0.507 e. The molecule has 0 spiro atoms. The van der Waals surface area contributed by atoms with Crippen LogP contribution in [0.1, 0.15) is 30.9 Å². The van der Waals surface area contributed by atoms with Crippen LogP contribution in [0.2, 0.25) is 0 Å². The van der Waals surface area contributed by atoms with Crippen LogP contribution >= 0.6 is 7.14 Å². The monoisotopic (exact) mass is 378 g/mol. The molecule has 140 valence electrons. The van der Waals surface area contributed by atoms with Gasteiger partial charge < -0.3 is 9.67 Å². The molecule has 27 heavy (non-hydrogen) atoms. The lowest BCUT2D eigenvalue weighted by atomic mass is 9.96. The first-order chi connectivity index (χ1) is 13.0. The Morgan fingerprint density at radius 1 is 0.815 bits per heavy atom. The van der Waals surface area contributed by atoms with Crippen molar-refractivity contribution in [1.82, 2.24) is 0 Å². The zero-order valence-electron chi connectivity index (χ0n) is 16.3. The molecule has 0 bridgehead atoms. The molecular weight excluding hydrogens is 351 g/mol. The number of phenols is 1. The van der Waals surface area contributed by atoms with Crippen molar-refractivity contribution >= 4 is 17.8 Å². The molecule has 3 aromatic rings. The van der Waals surface area contributed by atoms with Crippen LogP contribution in [-0.2, 0) is 4.57 Å². The van der Waals surface area contributed by atoms with E-state index in [1.807, 2.05) is 74.5 Å². The Balaban J connectivity index is 2.33. The molecule has 0 heterocycles. The van der Waals surface area contributed by atoms with E-state index in [0.29, 0.717) is 6.16 Å². The van der Waals surface area contributed by atoms with Crippen LogP contribution in [0.5, 0.6) is 5.75 Å². The van der Waals surface area contributed by atoms with Crippen molar-refractivity contribution in [3.05, 3.63) is 77.9 Å². The van der Waals surface area contributed by atoms with E-state index >= 15 is 0 Å².